The summed E-state index contributed by atoms with van der Waals surface area (Å²) in [5.74, 6) is -0.808. The minimum atomic E-state index is -0.601. The average Bonchev–Trinajstić information content (AvgIpc) is 2.85. The number of esters is 1. The molecule has 0 saturated carbocycles. The number of isothiocyanates is 1. The fourth-order valence-electron chi connectivity index (χ4n) is 3.98. The van der Waals surface area contributed by atoms with Gasteiger partial charge < -0.3 is 9.47 Å². The molecule has 2 aliphatic rings. The van der Waals surface area contributed by atoms with Gasteiger partial charge >= 0.3 is 12.1 Å². The third-order valence-corrected chi connectivity index (χ3v) is 5.30. The van der Waals surface area contributed by atoms with Gasteiger partial charge in [0.2, 0.25) is 0 Å². The topological polar surface area (TPSA) is 80.2 Å². The number of carbonyl (C=O) groups is 2. The maximum Gasteiger partial charge on any atom is 0.411 e. The van der Waals surface area contributed by atoms with Crippen molar-refractivity contribution in [2.75, 3.05) is 19.5 Å². The monoisotopic (exact) mass is 375 g/mol. The summed E-state index contributed by atoms with van der Waals surface area (Å²) in [6, 6.07) is 7.24. The second-order valence-electron chi connectivity index (χ2n) is 6.57. The van der Waals surface area contributed by atoms with Crippen molar-refractivity contribution in [2.24, 2.45) is 10.9 Å². The molecule has 0 radical (unpaired) electrons. The summed E-state index contributed by atoms with van der Waals surface area (Å²) < 4.78 is 10.6. The normalized spacial score (nSPS) is 27.3. The van der Waals surface area contributed by atoms with Crippen LogP contribution < -0.4 is 5.32 Å². The Morgan fingerprint density at radius 3 is 2.92 bits per heavy atom. The van der Waals surface area contributed by atoms with Crippen LogP contribution in [-0.4, -0.2) is 54.5 Å². The molecule has 1 aromatic rings. The zero-order valence-electron chi connectivity index (χ0n) is 14.7. The van der Waals surface area contributed by atoms with Gasteiger partial charge in [0.25, 0.3) is 0 Å². The first-order valence-electron chi connectivity index (χ1n) is 8.49. The van der Waals surface area contributed by atoms with E-state index in [1.54, 1.807) is 24.3 Å². The van der Waals surface area contributed by atoms with Crippen LogP contribution in [0.15, 0.2) is 29.3 Å². The van der Waals surface area contributed by atoms with Crippen molar-refractivity contribution in [3.8, 4) is 0 Å². The molecular formula is C18H21N3O4S. The van der Waals surface area contributed by atoms with Gasteiger partial charge in [0.05, 0.1) is 18.0 Å². The molecule has 3 rings (SSSR count). The summed E-state index contributed by atoms with van der Waals surface area (Å²) >= 11 is 4.58. The molecule has 2 bridgehead atoms. The molecular weight excluding hydrogens is 354 g/mol. The highest BCUT2D eigenvalue weighted by Crippen LogP contribution is 2.40. The van der Waals surface area contributed by atoms with Gasteiger partial charge in [-0.15, -0.1) is 0 Å². The molecule has 2 saturated heterocycles. The molecule has 0 spiro atoms. The highest BCUT2D eigenvalue weighted by Gasteiger charge is 2.50. The van der Waals surface area contributed by atoms with Crippen molar-refractivity contribution in [1.29, 1.82) is 0 Å². The maximum atomic E-state index is 12.4. The number of anilines is 1. The molecule has 1 amide bonds. The van der Waals surface area contributed by atoms with Gasteiger partial charge in [0.15, 0.2) is 0 Å². The largest absolute Gasteiger partial charge is 0.469 e. The number of hydrogen-bond donors (Lipinski definition) is 1. The Balaban J connectivity index is 1.70. The smallest absolute Gasteiger partial charge is 0.411 e. The van der Waals surface area contributed by atoms with Crippen LogP contribution in [0, 0.1) is 5.92 Å². The lowest BCUT2D eigenvalue weighted by molar-refractivity contribution is -0.155. The number of amides is 1. The highest BCUT2D eigenvalue weighted by atomic mass is 32.1. The van der Waals surface area contributed by atoms with Crippen LogP contribution in [0.2, 0.25) is 0 Å². The molecule has 0 unspecified atom stereocenters. The van der Waals surface area contributed by atoms with Crippen LogP contribution in [0.5, 0.6) is 0 Å². The van der Waals surface area contributed by atoms with Gasteiger partial charge in [0.1, 0.15) is 12.0 Å². The second kappa shape index (κ2) is 7.95. The molecule has 26 heavy (non-hydrogen) atoms. The number of carbonyl (C=O) groups excluding carboxylic acids is 2. The average molecular weight is 375 g/mol. The summed E-state index contributed by atoms with van der Waals surface area (Å²) in [6.45, 7) is 0. The molecule has 8 heteroatoms. The van der Waals surface area contributed by atoms with Crippen molar-refractivity contribution >= 4 is 40.8 Å². The third-order valence-electron chi connectivity index (χ3n) is 5.21. The molecule has 2 aliphatic heterocycles. The lowest BCUT2D eigenvalue weighted by Gasteiger charge is -2.40. The molecule has 2 fully saturated rings. The molecule has 1 N–H and O–H groups in total. The summed E-state index contributed by atoms with van der Waals surface area (Å²) in [6.07, 6.45) is 1.41. The number of thiocarbonyl (C=S) groups is 1. The Hall–Kier alpha value is -2.28. The number of ether oxygens (including phenoxy) is 2. The van der Waals surface area contributed by atoms with Gasteiger partial charge in [0, 0.05) is 24.2 Å². The Kier molecular flexibility index (Phi) is 5.66. The molecule has 0 aromatic heterocycles. The van der Waals surface area contributed by atoms with Crippen molar-refractivity contribution < 1.29 is 19.1 Å². The standard InChI is InChI=1S/C18H21N3O4S/c1-21-13-6-7-14(21)16(17(22)24-2)15(9-13)25-18(23)20-12-5-3-4-11(8-12)19-10-26/h3-5,8,13-16H,6-7,9H2,1-2H3,(H,20,23)/t13-,14+,15-,16+/m0/s1. The number of fused-ring (bicyclic) bond motifs is 2. The van der Waals surface area contributed by atoms with E-state index in [2.05, 4.69) is 32.6 Å². The van der Waals surface area contributed by atoms with Crippen molar-refractivity contribution in [3.63, 3.8) is 0 Å². The van der Waals surface area contributed by atoms with Crippen LogP contribution in [0.1, 0.15) is 19.3 Å². The van der Waals surface area contributed by atoms with Crippen LogP contribution in [-0.2, 0) is 14.3 Å². The Labute approximate surface area is 157 Å². The number of nitrogens with one attached hydrogen (secondary N) is 1. The predicted molar refractivity (Wildman–Crippen MR) is 99.7 cm³/mol. The third kappa shape index (κ3) is 3.77. The molecule has 2 heterocycles. The number of methoxy groups -OCH3 is 1. The van der Waals surface area contributed by atoms with Crippen LogP contribution >= 0.6 is 12.2 Å². The SMILES string of the molecule is COC(=O)[C@H]1[C@@H](OC(=O)Nc2cccc(N=C=S)c2)C[C@@H]2CC[C@H]1N2C. The predicted octanol–water partition coefficient (Wildman–Crippen LogP) is 2.99. The Morgan fingerprint density at radius 2 is 2.19 bits per heavy atom. The van der Waals surface area contributed by atoms with Gasteiger partial charge in [-0.2, -0.15) is 4.99 Å². The number of rotatable bonds is 4. The minimum absolute atomic E-state index is 0.0410. The first-order chi connectivity index (χ1) is 12.5. The van der Waals surface area contributed by atoms with Crippen LogP contribution in [0.3, 0.4) is 0 Å². The molecule has 1 aromatic carbocycles. The Bertz CT molecular complexity index is 750. The lowest BCUT2D eigenvalue weighted by atomic mass is 9.87. The van der Waals surface area contributed by atoms with Gasteiger partial charge in [-0.25, -0.2) is 4.79 Å². The van der Waals surface area contributed by atoms with E-state index >= 15 is 0 Å². The number of nitrogens with zero attached hydrogens (tertiary/aromatic N) is 2. The number of hydrogen-bond acceptors (Lipinski definition) is 7. The van der Waals surface area contributed by atoms with E-state index in [4.69, 9.17) is 9.47 Å². The van der Waals surface area contributed by atoms with Gasteiger partial charge in [-0.05, 0) is 50.3 Å². The lowest BCUT2D eigenvalue weighted by Crippen LogP contribution is -2.53. The summed E-state index contributed by atoms with van der Waals surface area (Å²) in [5.41, 5.74) is 1.12. The zero-order valence-corrected chi connectivity index (χ0v) is 15.5. The summed E-state index contributed by atoms with van der Waals surface area (Å²) in [4.78, 5) is 30.7. The molecule has 138 valence electrons. The molecule has 7 nitrogen and oxygen atoms in total. The van der Waals surface area contributed by atoms with E-state index < -0.39 is 18.1 Å². The van der Waals surface area contributed by atoms with Gasteiger partial charge in [-0.3, -0.25) is 15.0 Å². The quantitative estimate of drug-likeness (QED) is 0.495. The Morgan fingerprint density at radius 1 is 1.38 bits per heavy atom. The van der Waals surface area contributed by atoms with E-state index in [0.29, 0.717) is 23.8 Å². The van der Waals surface area contributed by atoms with Crippen molar-refractivity contribution in [3.05, 3.63) is 24.3 Å². The van der Waals surface area contributed by atoms with E-state index in [9.17, 15) is 9.59 Å². The summed E-state index contributed by atoms with van der Waals surface area (Å²) in [7, 11) is 3.37. The van der Waals surface area contributed by atoms with Crippen molar-refractivity contribution in [2.45, 2.75) is 37.5 Å². The number of piperidine rings is 1. The van der Waals surface area contributed by atoms with E-state index in [0.717, 1.165) is 12.8 Å². The fourth-order valence-corrected chi connectivity index (χ4v) is 4.08. The number of aliphatic imine (C=N–C) groups is 1. The number of benzene rings is 1. The fraction of sp³-hybridized carbons (Fsp3) is 0.500. The first-order valence-corrected chi connectivity index (χ1v) is 8.89. The van der Waals surface area contributed by atoms with Crippen molar-refractivity contribution in [1.82, 2.24) is 4.90 Å². The van der Waals surface area contributed by atoms with Crippen LogP contribution in [0.4, 0.5) is 16.2 Å². The molecule has 4 atom stereocenters. The maximum absolute atomic E-state index is 12.4. The second-order valence-corrected chi connectivity index (χ2v) is 6.75. The molecule has 0 aliphatic carbocycles. The summed E-state index contributed by atoms with van der Waals surface area (Å²) in [5, 5.41) is 4.96. The highest BCUT2D eigenvalue weighted by molar-refractivity contribution is 7.78. The first kappa shape index (κ1) is 18.5. The van der Waals surface area contributed by atoms with E-state index in [1.165, 1.54) is 7.11 Å². The van der Waals surface area contributed by atoms with Crippen LogP contribution in [0.25, 0.3) is 0 Å². The minimum Gasteiger partial charge on any atom is -0.469 e. The van der Waals surface area contributed by atoms with E-state index in [-0.39, 0.29) is 12.0 Å². The van der Waals surface area contributed by atoms with Gasteiger partial charge in [-0.1, -0.05) is 6.07 Å². The zero-order chi connectivity index (χ0) is 18.7. The van der Waals surface area contributed by atoms with E-state index in [1.807, 2.05) is 7.05 Å².